The molecule has 0 N–H and O–H groups in total. The zero-order valence-electron chi connectivity index (χ0n) is 23.4. The molecule has 1 saturated heterocycles. The van der Waals surface area contributed by atoms with E-state index in [1.54, 1.807) is 30.2 Å². The highest BCUT2D eigenvalue weighted by Gasteiger charge is 2.35. The van der Waals surface area contributed by atoms with Crippen molar-refractivity contribution in [2.75, 3.05) is 20.2 Å². The van der Waals surface area contributed by atoms with Gasteiger partial charge in [0.25, 0.3) is 5.91 Å². The van der Waals surface area contributed by atoms with E-state index in [1.165, 1.54) is 0 Å². The fourth-order valence-corrected chi connectivity index (χ4v) is 5.19. The number of carbonyl (C=O) groups excluding carboxylic acids is 2. The van der Waals surface area contributed by atoms with Crippen molar-refractivity contribution >= 4 is 11.8 Å². The van der Waals surface area contributed by atoms with E-state index in [4.69, 9.17) is 9.47 Å². The molecule has 1 aliphatic heterocycles. The van der Waals surface area contributed by atoms with E-state index in [1.807, 2.05) is 95.9 Å². The van der Waals surface area contributed by atoms with Crippen LogP contribution in [0.2, 0.25) is 0 Å². The standard InChI is InChI=1S/C35H36N2O4/c1-40-32-16-10-15-30(24-32)34(38)37(25-28-17-19-31(20-18-28)41-26-29-13-6-3-7-14-29)33(23-27-11-4-2-5-12-27)35(39)36-21-8-9-22-36/h2-7,10-20,24,33H,8-9,21-23,25-26H2,1H3. The Balaban J connectivity index is 1.44. The molecule has 210 valence electrons. The van der Waals surface area contributed by atoms with E-state index in [-0.39, 0.29) is 18.4 Å². The van der Waals surface area contributed by atoms with E-state index in [2.05, 4.69) is 0 Å². The summed E-state index contributed by atoms with van der Waals surface area (Å²) in [5, 5.41) is 0. The Hall–Kier alpha value is -4.58. The average Bonchev–Trinajstić information content (AvgIpc) is 3.58. The van der Waals surface area contributed by atoms with E-state index in [0.29, 0.717) is 24.3 Å². The topological polar surface area (TPSA) is 59.1 Å². The third-order valence-electron chi connectivity index (χ3n) is 7.45. The summed E-state index contributed by atoms with van der Waals surface area (Å²) in [7, 11) is 1.58. The van der Waals surface area contributed by atoms with Gasteiger partial charge < -0.3 is 19.3 Å². The van der Waals surface area contributed by atoms with E-state index in [9.17, 15) is 9.59 Å². The minimum absolute atomic E-state index is 0.00888. The molecular formula is C35H36N2O4. The second-order valence-electron chi connectivity index (χ2n) is 10.3. The Bertz CT molecular complexity index is 1420. The number of amides is 2. The monoisotopic (exact) mass is 548 g/mol. The van der Waals surface area contributed by atoms with E-state index in [0.717, 1.165) is 48.4 Å². The number of methoxy groups -OCH3 is 1. The second kappa shape index (κ2) is 13.7. The van der Waals surface area contributed by atoms with E-state index >= 15 is 0 Å². The minimum atomic E-state index is -0.650. The van der Waals surface area contributed by atoms with Crippen molar-refractivity contribution in [1.82, 2.24) is 9.80 Å². The summed E-state index contributed by atoms with van der Waals surface area (Å²) in [6.45, 7) is 2.20. The molecule has 0 radical (unpaired) electrons. The van der Waals surface area contributed by atoms with Crippen LogP contribution in [0.3, 0.4) is 0 Å². The van der Waals surface area contributed by atoms with Gasteiger partial charge in [0, 0.05) is 31.6 Å². The number of hydrogen-bond donors (Lipinski definition) is 0. The first kappa shape index (κ1) is 28.0. The summed E-state index contributed by atoms with van der Waals surface area (Å²) in [6.07, 6.45) is 2.40. The van der Waals surface area contributed by atoms with Crippen LogP contribution < -0.4 is 9.47 Å². The molecule has 5 rings (SSSR count). The van der Waals surface area contributed by atoms with Crippen molar-refractivity contribution < 1.29 is 19.1 Å². The fraction of sp³-hybridized carbons (Fsp3) is 0.257. The van der Waals surface area contributed by atoms with Gasteiger partial charge in [-0.25, -0.2) is 0 Å². The molecule has 4 aromatic rings. The Morgan fingerprint density at radius 3 is 2.07 bits per heavy atom. The molecular weight excluding hydrogens is 512 g/mol. The van der Waals surface area contributed by atoms with Crippen molar-refractivity contribution in [3.63, 3.8) is 0 Å². The Kier molecular flexibility index (Phi) is 9.32. The summed E-state index contributed by atoms with van der Waals surface area (Å²) in [4.78, 5) is 31.8. The largest absolute Gasteiger partial charge is 0.497 e. The van der Waals surface area contributed by atoms with Gasteiger partial charge in [-0.1, -0.05) is 78.9 Å². The summed E-state index contributed by atoms with van der Waals surface area (Å²) in [5.74, 6) is 1.13. The molecule has 1 fully saturated rings. The predicted molar refractivity (Wildman–Crippen MR) is 160 cm³/mol. The summed E-state index contributed by atoms with van der Waals surface area (Å²) >= 11 is 0. The van der Waals surface area contributed by atoms with Crippen LogP contribution in [0.15, 0.2) is 109 Å². The van der Waals surface area contributed by atoms with Crippen LogP contribution in [0, 0.1) is 0 Å². The van der Waals surface area contributed by atoms with Gasteiger partial charge in [-0.15, -0.1) is 0 Å². The van der Waals surface area contributed by atoms with Gasteiger partial charge >= 0.3 is 0 Å². The third-order valence-corrected chi connectivity index (χ3v) is 7.45. The molecule has 1 unspecified atom stereocenters. The van der Waals surface area contributed by atoms with Crippen LogP contribution >= 0.6 is 0 Å². The van der Waals surface area contributed by atoms with Crippen molar-refractivity contribution in [3.8, 4) is 11.5 Å². The van der Waals surface area contributed by atoms with Crippen LogP contribution in [-0.2, 0) is 24.4 Å². The van der Waals surface area contributed by atoms with Crippen molar-refractivity contribution in [3.05, 3.63) is 131 Å². The van der Waals surface area contributed by atoms with E-state index < -0.39 is 6.04 Å². The highest BCUT2D eigenvalue weighted by Crippen LogP contribution is 2.24. The summed E-state index contributed by atoms with van der Waals surface area (Å²) in [5.41, 5.74) is 3.51. The number of likely N-dealkylation sites (tertiary alicyclic amines) is 1. The van der Waals surface area contributed by atoms with Gasteiger partial charge in [0.2, 0.25) is 5.91 Å². The number of nitrogens with zero attached hydrogens (tertiary/aromatic N) is 2. The van der Waals surface area contributed by atoms with Crippen molar-refractivity contribution in [2.45, 2.75) is 38.5 Å². The molecule has 1 heterocycles. The maximum atomic E-state index is 14.2. The first-order valence-electron chi connectivity index (χ1n) is 14.1. The molecule has 6 heteroatoms. The van der Waals surface area contributed by atoms with Crippen molar-refractivity contribution in [1.29, 1.82) is 0 Å². The zero-order valence-corrected chi connectivity index (χ0v) is 23.4. The maximum absolute atomic E-state index is 14.2. The fourth-order valence-electron chi connectivity index (χ4n) is 5.19. The molecule has 0 saturated carbocycles. The lowest BCUT2D eigenvalue weighted by atomic mass is 10.0. The summed E-state index contributed by atoms with van der Waals surface area (Å²) in [6, 6.07) is 34.2. The lowest BCUT2D eigenvalue weighted by molar-refractivity contribution is -0.135. The lowest BCUT2D eigenvalue weighted by Crippen LogP contribution is -2.51. The van der Waals surface area contributed by atoms with Gasteiger partial charge in [-0.05, 0) is 59.9 Å². The molecule has 1 atom stereocenters. The number of rotatable bonds is 11. The molecule has 1 aliphatic rings. The predicted octanol–water partition coefficient (Wildman–Crippen LogP) is 6.15. The van der Waals surface area contributed by atoms with Crippen LogP contribution in [0.5, 0.6) is 11.5 Å². The van der Waals surface area contributed by atoms with Gasteiger partial charge in [0.05, 0.1) is 7.11 Å². The molecule has 0 aliphatic carbocycles. The first-order chi connectivity index (χ1) is 20.1. The number of ether oxygens (including phenoxy) is 2. The van der Waals surface area contributed by atoms with Crippen LogP contribution in [0.4, 0.5) is 0 Å². The zero-order chi connectivity index (χ0) is 28.4. The van der Waals surface area contributed by atoms with Gasteiger partial charge in [0.1, 0.15) is 24.1 Å². The Morgan fingerprint density at radius 2 is 1.41 bits per heavy atom. The lowest BCUT2D eigenvalue weighted by Gasteiger charge is -2.34. The minimum Gasteiger partial charge on any atom is -0.497 e. The molecule has 41 heavy (non-hydrogen) atoms. The molecule has 0 spiro atoms. The normalized spacial score (nSPS) is 13.4. The smallest absolute Gasteiger partial charge is 0.254 e. The van der Waals surface area contributed by atoms with Crippen LogP contribution in [0.25, 0.3) is 0 Å². The van der Waals surface area contributed by atoms with Gasteiger partial charge in [-0.2, -0.15) is 0 Å². The molecule has 0 bridgehead atoms. The second-order valence-corrected chi connectivity index (χ2v) is 10.3. The molecule has 4 aromatic carbocycles. The van der Waals surface area contributed by atoms with Crippen LogP contribution in [0.1, 0.15) is 39.9 Å². The Labute approximate surface area is 242 Å². The van der Waals surface area contributed by atoms with Crippen molar-refractivity contribution in [2.24, 2.45) is 0 Å². The number of benzene rings is 4. The quantitative estimate of drug-likeness (QED) is 0.226. The van der Waals surface area contributed by atoms with Gasteiger partial charge in [-0.3, -0.25) is 9.59 Å². The highest BCUT2D eigenvalue weighted by molar-refractivity contribution is 5.98. The number of carbonyl (C=O) groups is 2. The van der Waals surface area contributed by atoms with Gasteiger partial charge in [0.15, 0.2) is 0 Å². The number of hydrogen-bond acceptors (Lipinski definition) is 4. The SMILES string of the molecule is COc1cccc(C(=O)N(Cc2ccc(OCc3ccccc3)cc2)C(Cc2ccccc2)C(=O)N2CCCC2)c1. The highest BCUT2D eigenvalue weighted by atomic mass is 16.5. The Morgan fingerprint density at radius 1 is 0.756 bits per heavy atom. The van der Waals surface area contributed by atoms with Crippen LogP contribution in [-0.4, -0.2) is 47.9 Å². The maximum Gasteiger partial charge on any atom is 0.254 e. The average molecular weight is 549 g/mol. The summed E-state index contributed by atoms with van der Waals surface area (Å²) < 4.78 is 11.4. The molecule has 0 aromatic heterocycles. The molecule has 6 nitrogen and oxygen atoms in total. The first-order valence-corrected chi connectivity index (χ1v) is 14.1. The third kappa shape index (κ3) is 7.34. The molecule has 2 amide bonds.